The summed E-state index contributed by atoms with van der Waals surface area (Å²) in [6, 6.07) is 12.9. The minimum absolute atomic E-state index is 0.0809. The molecule has 0 unspecified atom stereocenters. The summed E-state index contributed by atoms with van der Waals surface area (Å²) in [5.74, 6) is -1.44. The molecule has 0 saturated heterocycles. The van der Waals surface area contributed by atoms with E-state index in [1.165, 1.54) is 0 Å². The molecular formula is C21H18N6O5. The van der Waals surface area contributed by atoms with E-state index in [1.54, 1.807) is 55.5 Å². The molecule has 2 aromatic carbocycles. The van der Waals surface area contributed by atoms with Gasteiger partial charge in [0.2, 0.25) is 0 Å². The van der Waals surface area contributed by atoms with Gasteiger partial charge in [0.15, 0.2) is 5.69 Å². The van der Waals surface area contributed by atoms with Crippen molar-refractivity contribution in [3.05, 3.63) is 85.4 Å². The molecule has 0 radical (unpaired) electrons. The van der Waals surface area contributed by atoms with Gasteiger partial charge in [-0.2, -0.15) is 5.10 Å². The fourth-order valence-electron chi connectivity index (χ4n) is 3.46. The molecule has 11 heteroatoms. The molecule has 0 aliphatic heterocycles. The molecule has 0 aliphatic rings. The smallest absolute Gasteiger partial charge is 0.284 e. The zero-order valence-electron chi connectivity index (χ0n) is 16.9. The van der Waals surface area contributed by atoms with E-state index in [0.717, 1.165) is 9.13 Å². The van der Waals surface area contributed by atoms with Crippen LogP contribution < -0.4 is 27.7 Å². The van der Waals surface area contributed by atoms with Crippen LogP contribution in [0.3, 0.4) is 0 Å². The maximum atomic E-state index is 12.7. The Morgan fingerprint density at radius 3 is 2.28 bits per heavy atom. The van der Waals surface area contributed by atoms with Gasteiger partial charge >= 0.3 is 5.69 Å². The lowest BCUT2D eigenvalue weighted by Gasteiger charge is -2.13. The molecule has 4 aromatic rings. The number of H-pyrrole nitrogens is 1. The predicted molar refractivity (Wildman–Crippen MR) is 116 cm³/mol. The zero-order valence-corrected chi connectivity index (χ0v) is 16.9. The van der Waals surface area contributed by atoms with Gasteiger partial charge < -0.3 is 0 Å². The van der Waals surface area contributed by atoms with Crippen molar-refractivity contribution >= 4 is 33.5 Å². The molecule has 2 heterocycles. The predicted octanol–water partition coefficient (Wildman–Crippen LogP) is -0.119. The second-order valence-electron chi connectivity index (χ2n) is 6.88. The van der Waals surface area contributed by atoms with E-state index in [1.807, 2.05) is 0 Å². The van der Waals surface area contributed by atoms with E-state index in [-0.39, 0.29) is 17.6 Å². The van der Waals surface area contributed by atoms with E-state index in [2.05, 4.69) is 21.0 Å². The minimum Gasteiger partial charge on any atom is -0.284 e. The van der Waals surface area contributed by atoms with Crippen molar-refractivity contribution in [1.82, 2.24) is 30.2 Å². The molecule has 0 bridgehead atoms. The summed E-state index contributed by atoms with van der Waals surface area (Å²) in [4.78, 5) is 62.1. The minimum atomic E-state index is -0.749. The first-order chi connectivity index (χ1) is 15.4. The molecule has 3 N–H and O–H groups in total. The SMILES string of the molecule is CCn1c(=O)c2ccccc2n(CC(=O)NNC(=O)c2n[nH]c(=O)c3ccccc23)c1=O. The Morgan fingerprint density at radius 1 is 0.906 bits per heavy atom. The molecule has 0 saturated carbocycles. The van der Waals surface area contributed by atoms with E-state index >= 15 is 0 Å². The maximum absolute atomic E-state index is 12.7. The fourth-order valence-corrected chi connectivity index (χ4v) is 3.46. The number of aromatic amines is 1. The van der Waals surface area contributed by atoms with Crippen molar-refractivity contribution in [1.29, 1.82) is 0 Å². The van der Waals surface area contributed by atoms with Crippen LogP contribution in [0.15, 0.2) is 62.9 Å². The first-order valence-corrected chi connectivity index (χ1v) is 9.71. The van der Waals surface area contributed by atoms with Gasteiger partial charge in [0, 0.05) is 11.9 Å². The van der Waals surface area contributed by atoms with Crippen LogP contribution in [0.4, 0.5) is 0 Å². The van der Waals surface area contributed by atoms with Gasteiger partial charge in [-0.1, -0.05) is 30.3 Å². The topological polar surface area (TPSA) is 148 Å². The molecule has 0 spiro atoms. The maximum Gasteiger partial charge on any atom is 0.331 e. The van der Waals surface area contributed by atoms with Crippen LogP contribution in [-0.4, -0.2) is 31.1 Å². The van der Waals surface area contributed by atoms with Gasteiger partial charge in [-0.25, -0.2) is 9.89 Å². The molecule has 0 fully saturated rings. The van der Waals surface area contributed by atoms with E-state index in [9.17, 15) is 24.0 Å². The number of para-hydroxylation sites is 1. The van der Waals surface area contributed by atoms with Gasteiger partial charge in [0.05, 0.1) is 16.3 Å². The Kier molecular flexibility index (Phi) is 5.37. The van der Waals surface area contributed by atoms with Gasteiger partial charge in [-0.15, -0.1) is 0 Å². The van der Waals surface area contributed by atoms with Gasteiger partial charge in [-0.05, 0) is 25.1 Å². The first-order valence-electron chi connectivity index (χ1n) is 9.71. The van der Waals surface area contributed by atoms with Gasteiger partial charge in [0.1, 0.15) is 6.54 Å². The average molecular weight is 434 g/mol. The summed E-state index contributed by atoms with van der Waals surface area (Å²) >= 11 is 0. The lowest BCUT2D eigenvalue weighted by atomic mass is 10.1. The number of nitrogens with zero attached hydrogens (tertiary/aromatic N) is 3. The third-order valence-corrected chi connectivity index (χ3v) is 4.98. The number of carbonyl (C=O) groups excluding carboxylic acids is 2. The normalized spacial score (nSPS) is 10.9. The number of amides is 2. The Balaban J connectivity index is 1.58. The average Bonchev–Trinajstić information content (AvgIpc) is 2.81. The number of hydrogen-bond donors (Lipinski definition) is 3. The van der Waals surface area contributed by atoms with Crippen molar-refractivity contribution in [2.24, 2.45) is 0 Å². The lowest BCUT2D eigenvalue weighted by Crippen LogP contribution is -2.46. The number of aromatic nitrogens is 4. The number of fused-ring (bicyclic) bond motifs is 2. The molecule has 0 aliphatic carbocycles. The van der Waals surface area contributed by atoms with E-state index in [4.69, 9.17) is 0 Å². The monoisotopic (exact) mass is 434 g/mol. The van der Waals surface area contributed by atoms with E-state index < -0.39 is 35.2 Å². The third-order valence-electron chi connectivity index (χ3n) is 4.98. The molecular weight excluding hydrogens is 416 g/mol. The highest BCUT2D eigenvalue weighted by molar-refractivity contribution is 6.05. The van der Waals surface area contributed by atoms with Crippen molar-refractivity contribution in [3.8, 4) is 0 Å². The standard InChI is InChI=1S/C21H18N6O5/c1-2-26-20(31)14-9-5-6-10-15(14)27(21(26)32)11-16(28)22-25-19(30)17-12-7-3-4-8-13(12)18(29)24-23-17/h3-10H,2,11H2,1H3,(H,22,28)(H,24,29)(H,25,30). The van der Waals surface area contributed by atoms with Crippen molar-refractivity contribution < 1.29 is 9.59 Å². The van der Waals surface area contributed by atoms with Crippen LogP contribution in [-0.2, 0) is 17.9 Å². The summed E-state index contributed by atoms with van der Waals surface area (Å²) in [5.41, 5.74) is 3.18. The van der Waals surface area contributed by atoms with Crippen LogP contribution in [0.5, 0.6) is 0 Å². The quantitative estimate of drug-likeness (QED) is 0.382. The Bertz CT molecular complexity index is 1550. The van der Waals surface area contributed by atoms with Crippen molar-refractivity contribution in [2.75, 3.05) is 0 Å². The molecule has 32 heavy (non-hydrogen) atoms. The number of benzene rings is 2. The van der Waals surface area contributed by atoms with Crippen LogP contribution >= 0.6 is 0 Å². The van der Waals surface area contributed by atoms with E-state index in [0.29, 0.717) is 16.3 Å². The number of hydrogen-bond acceptors (Lipinski definition) is 6. The molecule has 2 aromatic heterocycles. The van der Waals surface area contributed by atoms with Crippen molar-refractivity contribution in [3.63, 3.8) is 0 Å². The summed E-state index contributed by atoms with van der Waals surface area (Å²) in [6.07, 6.45) is 0. The van der Waals surface area contributed by atoms with Gasteiger partial charge in [0.25, 0.3) is 22.9 Å². The summed E-state index contributed by atoms with van der Waals surface area (Å²) < 4.78 is 2.19. The number of hydrazine groups is 1. The van der Waals surface area contributed by atoms with Crippen LogP contribution in [0.25, 0.3) is 21.7 Å². The molecule has 0 atom stereocenters. The van der Waals surface area contributed by atoms with Crippen LogP contribution in [0, 0.1) is 0 Å². The first kappa shape index (κ1) is 20.7. The largest absolute Gasteiger partial charge is 0.331 e. The number of nitrogens with one attached hydrogen (secondary N) is 3. The highest BCUT2D eigenvalue weighted by atomic mass is 16.2. The summed E-state index contributed by atoms with van der Waals surface area (Å²) in [7, 11) is 0. The number of rotatable bonds is 4. The second-order valence-corrected chi connectivity index (χ2v) is 6.88. The third kappa shape index (κ3) is 3.55. The zero-order chi connectivity index (χ0) is 22.8. The van der Waals surface area contributed by atoms with Crippen molar-refractivity contribution in [2.45, 2.75) is 20.0 Å². The molecule has 11 nitrogen and oxygen atoms in total. The van der Waals surface area contributed by atoms with Gasteiger partial charge in [-0.3, -0.25) is 39.2 Å². The number of carbonyl (C=O) groups is 2. The highest BCUT2D eigenvalue weighted by Gasteiger charge is 2.17. The Labute approximate surface area is 179 Å². The molecule has 4 rings (SSSR count). The van der Waals surface area contributed by atoms with Crippen LogP contribution in [0.2, 0.25) is 0 Å². The fraction of sp³-hybridized carbons (Fsp3) is 0.143. The second kappa shape index (κ2) is 8.30. The molecule has 2 amide bonds. The Morgan fingerprint density at radius 2 is 1.56 bits per heavy atom. The Hall–Kier alpha value is -4.54. The summed E-state index contributed by atoms with van der Waals surface area (Å²) in [5, 5.41) is 6.90. The lowest BCUT2D eigenvalue weighted by molar-refractivity contribution is -0.122. The summed E-state index contributed by atoms with van der Waals surface area (Å²) in [6.45, 7) is 1.37. The highest BCUT2D eigenvalue weighted by Crippen LogP contribution is 2.12. The van der Waals surface area contributed by atoms with Crippen LogP contribution in [0.1, 0.15) is 17.4 Å². The molecule has 162 valence electrons.